The number of fused-ring (bicyclic) bond motifs is 1. The molecule has 1 aliphatic carbocycles. The molecule has 0 amide bonds. The third kappa shape index (κ3) is 5.20. The third-order valence-corrected chi connectivity index (χ3v) is 6.31. The van der Waals surface area contributed by atoms with Crippen LogP contribution < -0.4 is 9.64 Å². The van der Waals surface area contributed by atoms with Crippen molar-refractivity contribution < 1.29 is 9.53 Å². The van der Waals surface area contributed by atoms with Crippen LogP contribution in [0, 0.1) is 5.92 Å². The Kier molecular flexibility index (Phi) is 6.56. The fourth-order valence-corrected chi connectivity index (χ4v) is 4.93. The number of allylic oxidation sites excluding steroid dienone is 1. The number of carbonyl (C=O) groups excluding carboxylic acids is 1. The van der Waals surface area contributed by atoms with Crippen molar-refractivity contribution >= 4 is 11.5 Å². The smallest absolute Gasteiger partial charge is 0.160 e. The maximum absolute atomic E-state index is 12.7. The van der Waals surface area contributed by atoms with Crippen LogP contribution in [0.15, 0.2) is 35.9 Å². The molecule has 2 heterocycles. The summed E-state index contributed by atoms with van der Waals surface area (Å²) in [5.41, 5.74) is 2.75. The number of piperazine rings is 1. The van der Waals surface area contributed by atoms with Crippen LogP contribution in [-0.4, -0.2) is 74.0 Å². The summed E-state index contributed by atoms with van der Waals surface area (Å²) in [5, 5.41) is 0. The second kappa shape index (κ2) is 9.31. The summed E-state index contributed by atoms with van der Waals surface area (Å²) in [6.45, 7) is 11.1. The molecule has 0 bridgehead atoms. The van der Waals surface area contributed by atoms with E-state index in [4.69, 9.17) is 4.74 Å². The lowest BCUT2D eigenvalue weighted by Gasteiger charge is -2.36. The number of carbonyl (C=O) groups is 1. The second-order valence-electron chi connectivity index (χ2n) is 9.01. The van der Waals surface area contributed by atoms with E-state index in [-0.39, 0.29) is 6.10 Å². The Morgan fingerprint density at radius 3 is 2.62 bits per heavy atom. The van der Waals surface area contributed by atoms with Gasteiger partial charge in [0.15, 0.2) is 5.78 Å². The minimum absolute atomic E-state index is 0.167. The number of benzene rings is 1. The monoisotopic (exact) mass is 397 g/mol. The number of rotatable bonds is 7. The van der Waals surface area contributed by atoms with Crippen molar-refractivity contribution in [1.82, 2.24) is 9.80 Å². The molecule has 4 rings (SSSR count). The van der Waals surface area contributed by atoms with E-state index < -0.39 is 0 Å². The van der Waals surface area contributed by atoms with Gasteiger partial charge in [-0.15, -0.1) is 0 Å². The molecule has 0 N–H and O–H groups in total. The number of ether oxygens (including phenoxy) is 1. The Balaban J connectivity index is 1.25. The van der Waals surface area contributed by atoms with E-state index in [2.05, 4.69) is 46.8 Å². The van der Waals surface area contributed by atoms with Gasteiger partial charge in [-0.05, 0) is 51.2 Å². The van der Waals surface area contributed by atoms with Gasteiger partial charge in [0.1, 0.15) is 5.75 Å². The average Bonchev–Trinajstić information content (AvgIpc) is 3.11. The van der Waals surface area contributed by atoms with Gasteiger partial charge in [-0.2, -0.15) is 0 Å². The van der Waals surface area contributed by atoms with Crippen molar-refractivity contribution in [2.75, 3.05) is 57.3 Å². The largest absolute Gasteiger partial charge is 0.489 e. The predicted molar refractivity (Wildman–Crippen MR) is 118 cm³/mol. The van der Waals surface area contributed by atoms with Crippen LogP contribution >= 0.6 is 0 Å². The zero-order valence-corrected chi connectivity index (χ0v) is 18.0. The lowest BCUT2D eigenvalue weighted by molar-refractivity contribution is -0.121. The molecule has 2 saturated heterocycles. The van der Waals surface area contributed by atoms with Crippen molar-refractivity contribution in [3.63, 3.8) is 0 Å². The van der Waals surface area contributed by atoms with Crippen molar-refractivity contribution in [2.45, 2.75) is 39.2 Å². The van der Waals surface area contributed by atoms with Gasteiger partial charge in [0.05, 0.1) is 24.9 Å². The molecule has 3 aliphatic rings. The Bertz CT molecular complexity index is 737. The van der Waals surface area contributed by atoms with E-state index in [9.17, 15) is 4.79 Å². The highest BCUT2D eigenvalue weighted by molar-refractivity contribution is 5.82. The number of nitrogens with zero attached hydrogens (tertiary/aromatic N) is 3. The van der Waals surface area contributed by atoms with E-state index in [1.165, 1.54) is 24.9 Å². The molecule has 1 aromatic carbocycles. The van der Waals surface area contributed by atoms with Gasteiger partial charge in [0, 0.05) is 39.3 Å². The molecule has 158 valence electrons. The second-order valence-corrected chi connectivity index (χ2v) is 9.01. The molecule has 29 heavy (non-hydrogen) atoms. The predicted octanol–water partition coefficient (Wildman–Crippen LogP) is 3.21. The van der Waals surface area contributed by atoms with Crippen molar-refractivity contribution in [1.29, 1.82) is 0 Å². The number of hydrogen-bond donors (Lipinski definition) is 0. The number of Topliss-reactive ketones (excluding diaryl/α,β-unsaturated/α-hetero) is 1. The molecule has 5 heteroatoms. The summed E-state index contributed by atoms with van der Waals surface area (Å²) >= 11 is 0. The molecular weight excluding hydrogens is 362 g/mol. The van der Waals surface area contributed by atoms with Crippen LogP contribution in [0.1, 0.15) is 33.1 Å². The van der Waals surface area contributed by atoms with Crippen LogP contribution in [0.2, 0.25) is 0 Å². The molecule has 1 unspecified atom stereocenters. The highest BCUT2D eigenvalue weighted by Crippen LogP contribution is 2.32. The van der Waals surface area contributed by atoms with Gasteiger partial charge in [-0.3, -0.25) is 14.6 Å². The lowest BCUT2D eigenvalue weighted by atomic mass is 9.91. The Hall–Kier alpha value is -1.85. The average molecular weight is 398 g/mol. The van der Waals surface area contributed by atoms with Crippen molar-refractivity contribution in [2.24, 2.45) is 5.92 Å². The number of anilines is 1. The first-order valence-corrected chi connectivity index (χ1v) is 11.2. The van der Waals surface area contributed by atoms with E-state index in [0.29, 0.717) is 24.8 Å². The van der Waals surface area contributed by atoms with Gasteiger partial charge in [-0.25, -0.2) is 0 Å². The zero-order valence-electron chi connectivity index (χ0n) is 18.0. The molecule has 0 radical (unpaired) electrons. The van der Waals surface area contributed by atoms with Crippen LogP contribution in [0.3, 0.4) is 0 Å². The summed E-state index contributed by atoms with van der Waals surface area (Å²) < 4.78 is 5.99. The van der Waals surface area contributed by atoms with Gasteiger partial charge in [0.25, 0.3) is 0 Å². The normalized spacial score (nSPS) is 23.2. The van der Waals surface area contributed by atoms with Crippen LogP contribution in [0.5, 0.6) is 5.75 Å². The van der Waals surface area contributed by atoms with Gasteiger partial charge < -0.3 is 9.64 Å². The minimum Gasteiger partial charge on any atom is -0.489 e. The van der Waals surface area contributed by atoms with Crippen LogP contribution in [0.4, 0.5) is 5.69 Å². The molecular formula is C24H35N3O2. The van der Waals surface area contributed by atoms with Crippen molar-refractivity contribution in [3.8, 4) is 5.75 Å². The SMILES string of the molecule is CC(C)Oc1ccccc1N1CCN(CC(=O)CN2CC3=CCCCC3C2)CC1. The molecule has 2 aliphatic heterocycles. The fraction of sp³-hybridized carbons (Fsp3) is 0.625. The minimum atomic E-state index is 0.167. The number of ketones is 1. The lowest BCUT2D eigenvalue weighted by Crippen LogP contribution is -2.49. The van der Waals surface area contributed by atoms with Crippen molar-refractivity contribution in [3.05, 3.63) is 35.9 Å². The molecule has 1 atom stereocenters. The molecule has 0 aromatic heterocycles. The first-order valence-electron chi connectivity index (χ1n) is 11.2. The van der Waals surface area contributed by atoms with Gasteiger partial charge in [-0.1, -0.05) is 23.8 Å². The standard InChI is InChI=1S/C24H35N3O2/c1-19(2)29-24-10-6-5-9-23(24)27-13-11-25(12-14-27)17-22(28)18-26-15-20-7-3-4-8-21(20)16-26/h5-7,9-10,19,21H,3-4,8,11-18H2,1-2H3. The number of hydrogen-bond acceptors (Lipinski definition) is 5. The maximum Gasteiger partial charge on any atom is 0.160 e. The molecule has 5 nitrogen and oxygen atoms in total. The summed E-state index contributed by atoms with van der Waals surface area (Å²) in [7, 11) is 0. The number of para-hydroxylation sites is 2. The summed E-state index contributed by atoms with van der Waals surface area (Å²) in [5.74, 6) is 2.03. The van der Waals surface area contributed by atoms with Gasteiger partial charge in [0.2, 0.25) is 0 Å². The van der Waals surface area contributed by atoms with Gasteiger partial charge >= 0.3 is 0 Å². The summed E-state index contributed by atoms with van der Waals surface area (Å²) in [6.07, 6.45) is 6.42. The zero-order chi connectivity index (χ0) is 20.2. The molecule has 0 spiro atoms. The van der Waals surface area contributed by atoms with E-state index in [0.717, 1.165) is 45.0 Å². The summed E-state index contributed by atoms with van der Waals surface area (Å²) in [4.78, 5) is 19.7. The molecule has 0 saturated carbocycles. The Morgan fingerprint density at radius 1 is 1.10 bits per heavy atom. The highest BCUT2D eigenvalue weighted by atomic mass is 16.5. The van der Waals surface area contributed by atoms with E-state index in [1.807, 2.05) is 12.1 Å². The Morgan fingerprint density at radius 2 is 1.86 bits per heavy atom. The molecule has 1 aromatic rings. The van der Waals surface area contributed by atoms with E-state index in [1.54, 1.807) is 5.57 Å². The molecule has 2 fully saturated rings. The number of likely N-dealkylation sites (tertiary alicyclic amines) is 1. The third-order valence-electron chi connectivity index (χ3n) is 6.31. The first-order chi connectivity index (χ1) is 14.1. The quantitative estimate of drug-likeness (QED) is 0.661. The topological polar surface area (TPSA) is 36.0 Å². The maximum atomic E-state index is 12.7. The fourth-order valence-electron chi connectivity index (χ4n) is 4.93. The van der Waals surface area contributed by atoms with E-state index >= 15 is 0 Å². The highest BCUT2D eigenvalue weighted by Gasteiger charge is 2.30. The van der Waals surface area contributed by atoms with Crippen LogP contribution in [-0.2, 0) is 4.79 Å². The van der Waals surface area contributed by atoms with Crippen LogP contribution in [0.25, 0.3) is 0 Å². The summed E-state index contributed by atoms with van der Waals surface area (Å²) in [6, 6.07) is 8.29. The first kappa shape index (κ1) is 20.4. The Labute approximate surface area is 175 Å².